The van der Waals surface area contributed by atoms with E-state index >= 15 is 0 Å². The molecule has 0 radical (unpaired) electrons. The largest absolute Gasteiger partial charge is 0.351 e. The number of thiophene rings is 1. The maximum Gasteiger partial charge on any atom is 0.228 e. The molecular formula is C18H20F2N2OS. The number of amides is 1. The lowest BCUT2D eigenvalue weighted by molar-refractivity contribution is -0.123. The summed E-state index contributed by atoms with van der Waals surface area (Å²) in [5, 5.41) is 8.29. The SMILES string of the molecule is CC(C(=O)NC1CNCCC1c1ccc(F)c(F)c1)c1cccs1. The van der Waals surface area contributed by atoms with E-state index in [9.17, 15) is 13.6 Å². The van der Waals surface area contributed by atoms with E-state index in [0.717, 1.165) is 29.5 Å². The third kappa shape index (κ3) is 3.65. The smallest absolute Gasteiger partial charge is 0.228 e. The van der Waals surface area contributed by atoms with Gasteiger partial charge in [0.15, 0.2) is 11.6 Å². The first-order chi connectivity index (χ1) is 11.6. The maximum atomic E-state index is 13.6. The molecule has 1 aromatic heterocycles. The molecule has 1 saturated heterocycles. The van der Waals surface area contributed by atoms with Crippen LogP contribution in [-0.2, 0) is 4.79 Å². The molecule has 3 atom stereocenters. The first-order valence-electron chi connectivity index (χ1n) is 8.05. The fraction of sp³-hybridized carbons (Fsp3) is 0.389. The summed E-state index contributed by atoms with van der Waals surface area (Å²) in [6.45, 7) is 3.28. The predicted octanol–water partition coefficient (Wildman–Crippen LogP) is 3.39. The van der Waals surface area contributed by atoms with Crippen molar-refractivity contribution >= 4 is 17.2 Å². The van der Waals surface area contributed by atoms with Crippen LogP contribution >= 0.6 is 11.3 Å². The number of carbonyl (C=O) groups is 1. The Bertz CT molecular complexity index is 705. The molecule has 0 aliphatic carbocycles. The van der Waals surface area contributed by atoms with Crippen LogP contribution in [0.4, 0.5) is 8.78 Å². The Kier molecular flexibility index (Phi) is 5.26. The Morgan fingerprint density at radius 3 is 2.88 bits per heavy atom. The van der Waals surface area contributed by atoms with Gasteiger partial charge in [-0.05, 0) is 49.0 Å². The molecule has 0 bridgehead atoms. The molecule has 24 heavy (non-hydrogen) atoms. The molecular weight excluding hydrogens is 330 g/mol. The summed E-state index contributed by atoms with van der Waals surface area (Å²) in [7, 11) is 0. The van der Waals surface area contributed by atoms with E-state index in [0.29, 0.717) is 6.54 Å². The van der Waals surface area contributed by atoms with Crippen molar-refractivity contribution in [3.8, 4) is 0 Å². The molecule has 2 heterocycles. The molecule has 0 spiro atoms. The number of nitrogens with one attached hydrogen (secondary N) is 2. The Labute approximate surface area is 144 Å². The summed E-state index contributed by atoms with van der Waals surface area (Å²) in [5.41, 5.74) is 0.726. The Morgan fingerprint density at radius 1 is 1.33 bits per heavy atom. The summed E-state index contributed by atoms with van der Waals surface area (Å²) in [6, 6.07) is 7.73. The molecule has 2 N–H and O–H groups in total. The van der Waals surface area contributed by atoms with Gasteiger partial charge in [0.1, 0.15) is 0 Å². The zero-order valence-electron chi connectivity index (χ0n) is 13.4. The number of benzene rings is 1. The highest BCUT2D eigenvalue weighted by Gasteiger charge is 2.30. The quantitative estimate of drug-likeness (QED) is 0.887. The molecule has 1 aromatic carbocycles. The van der Waals surface area contributed by atoms with Gasteiger partial charge in [-0.1, -0.05) is 12.1 Å². The van der Waals surface area contributed by atoms with Gasteiger partial charge in [0.25, 0.3) is 0 Å². The number of hydrogen-bond acceptors (Lipinski definition) is 3. The molecule has 128 valence electrons. The third-order valence-electron chi connectivity index (χ3n) is 4.54. The van der Waals surface area contributed by atoms with Crippen molar-refractivity contribution < 1.29 is 13.6 Å². The van der Waals surface area contributed by atoms with Gasteiger partial charge in [0.2, 0.25) is 5.91 Å². The molecule has 1 aliphatic heterocycles. The Hall–Kier alpha value is -1.79. The summed E-state index contributed by atoms with van der Waals surface area (Å²) in [4.78, 5) is 13.6. The standard InChI is InChI=1S/C18H20F2N2OS/c1-11(17-3-2-8-24-17)18(23)22-16-10-21-7-6-13(16)12-4-5-14(19)15(20)9-12/h2-5,8-9,11,13,16,21H,6-7,10H2,1H3,(H,22,23). The molecule has 2 aromatic rings. The van der Waals surface area contributed by atoms with Crippen LogP contribution in [0.1, 0.15) is 35.6 Å². The van der Waals surface area contributed by atoms with Crippen LogP contribution in [0.15, 0.2) is 35.7 Å². The monoisotopic (exact) mass is 350 g/mol. The van der Waals surface area contributed by atoms with Crippen molar-refractivity contribution in [1.29, 1.82) is 0 Å². The second-order valence-electron chi connectivity index (χ2n) is 6.13. The molecule has 1 amide bonds. The topological polar surface area (TPSA) is 41.1 Å². The van der Waals surface area contributed by atoms with Crippen molar-refractivity contribution in [1.82, 2.24) is 10.6 Å². The number of piperidine rings is 1. The van der Waals surface area contributed by atoms with Crippen LogP contribution in [0.3, 0.4) is 0 Å². The predicted molar refractivity (Wildman–Crippen MR) is 91.3 cm³/mol. The first-order valence-corrected chi connectivity index (χ1v) is 8.93. The van der Waals surface area contributed by atoms with Crippen molar-refractivity contribution in [2.24, 2.45) is 0 Å². The number of halogens is 2. The van der Waals surface area contributed by atoms with Gasteiger partial charge in [-0.3, -0.25) is 4.79 Å². The van der Waals surface area contributed by atoms with Crippen LogP contribution < -0.4 is 10.6 Å². The second kappa shape index (κ2) is 7.40. The Morgan fingerprint density at radius 2 is 2.17 bits per heavy atom. The van der Waals surface area contributed by atoms with Crippen molar-refractivity contribution in [3.05, 3.63) is 57.8 Å². The van der Waals surface area contributed by atoms with Crippen LogP contribution in [0.25, 0.3) is 0 Å². The van der Waals surface area contributed by atoms with E-state index in [-0.39, 0.29) is 23.8 Å². The number of rotatable bonds is 4. The second-order valence-corrected chi connectivity index (χ2v) is 7.10. The van der Waals surface area contributed by atoms with Gasteiger partial charge in [-0.2, -0.15) is 0 Å². The third-order valence-corrected chi connectivity index (χ3v) is 5.60. The van der Waals surface area contributed by atoms with E-state index in [4.69, 9.17) is 0 Å². The lowest BCUT2D eigenvalue weighted by Crippen LogP contribution is -2.50. The minimum Gasteiger partial charge on any atom is -0.351 e. The van der Waals surface area contributed by atoms with Gasteiger partial charge in [-0.15, -0.1) is 11.3 Å². The van der Waals surface area contributed by atoms with Crippen molar-refractivity contribution in [2.45, 2.75) is 31.2 Å². The van der Waals surface area contributed by atoms with Gasteiger partial charge < -0.3 is 10.6 Å². The average Bonchev–Trinajstić information content (AvgIpc) is 3.11. The van der Waals surface area contributed by atoms with Crippen LogP contribution in [0.5, 0.6) is 0 Å². The minimum absolute atomic E-state index is 0.0270. The van der Waals surface area contributed by atoms with E-state index < -0.39 is 11.6 Å². The lowest BCUT2D eigenvalue weighted by Gasteiger charge is -2.34. The normalized spacial score (nSPS) is 22.1. The van der Waals surface area contributed by atoms with E-state index in [1.54, 1.807) is 17.4 Å². The molecule has 3 nitrogen and oxygen atoms in total. The van der Waals surface area contributed by atoms with Gasteiger partial charge >= 0.3 is 0 Å². The molecule has 0 saturated carbocycles. The zero-order chi connectivity index (χ0) is 17.1. The van der Waals surface area contributed by atoms with Crippen molar-refractivity contribution in [2.75, 3.05) is 13.1 Å². The lowest BCUT2D eigenvalue weighted by atomic mass is 9.85. The molecule has 1 aliphatic rings. The van der Waals surface area contributed by atoms with Crippen LogP contribution in [0.2, 0.25) is 0 Å². The first kappa shape index (κ1) is 17.0. The van der Waals surface area contributed by atoms with Gasteiger partial charge in [0, 0.05) is 23.4 Å². The number of carbonyl (C=O) groups excluding carboxylic acids is 1. The average molecular weight is 350 g/mol. The summed E-state index contributed by atoms with van der Waals surface area (Å²) < 4.78 is 26.7. The maximum absolute atomic E-state index is 13.6. The van der Waals surface area contributed by atoms with E-state index in [1.165, 1.54) is 6.07 Å². The molecule has 3 rings (SSSR count). The number of hydrogen-bond donors (Lipinski definition) is 2. The fourth-order valence-corrected chi connectivity index (χ4v) is 3.91. The zero-order valence-corrected chi connectivity index (χ0v) is 14.2. The summed E-state index contributed by atoms with van der Waals surface area (Å²) in [6.07, 6.45) is 0.767. The molecule has 1 fully saturated rings. The summed E-state index contributed by atoms with van der Waals surface area (Å²) >= 11 is 1.55. The van der Waals surface area contributed by atoms with E-state index in [1.807, 2.05) is 24.4 Å². The van der Waals surface area contributed by atoms with E-state index in [2.05, 4.69) is 10.6 Å². The fourth-order valence-electron chi connectivity index (χ4n) is 3.13. The van der Waals surface area contributed by atoms with Gasteiger partial charge in [-0.25, -0.2) is 8.78 Å². The molecule has 6 heteroatoms. The summed E-state index contributed by atoms with van der Waals surface area (Å²) in [5.74, 6) is -1.99. The van der Waals surface area contributed by atoms with Gasteiger partial charge in [0.05, 0.1) is 5.92 Å². The highest BCUT2D eigenvalue weighted by Crippen LogP contribution is 2.28. The van der Waals surface area contributed by atoms with Crippen LogP contribution in [-0.4, -0.2) is 25.0 Å². The van der Waals surface area contributed by atoms with Crippen molar-refractivity contribution in [3.63, 3.8) is 0 Å². The minimum atomic E-state index is -0.848. The highest BCUT2D eigenvalue weighted by atomic mass is 32.1. The highest BCUT2D eigenvalue weighted by molar-refractivity contribution is 7.10. The van der Waals surface area contributed by atoms with Crippen LogP contribution in [0, 0.1) is 11.6 Å². The molecule has 3 unspecified atom stereocenters. The Balaban J connectivity index is 1.74.